The lowest BCUT2D eigenvalue weighted by atomic mass is 10.0. The number of nitro benzene ring substituents is 1. The molecule has 0 aliphatic heterocycles. The molecule has 0 saturated heterocycles. The number of unbranched alkanes of at least 4 members (excludes halogenated alkanes) is 6. The summed E-state index contributed by atoms with van der Waals surface area (Å²) in [5.74, 6) is 0. The molecule has 0 bridgehead atoms. The second-order valence-electron chi connectivity index (χ2n) is 6.37. The van der Waals surface area contributed by atoms with Crippen molar-refractivity contribution in [1.29, 1.82) is 0 Å². The van der Waals surface area contributed by atoms with Crippen LogP contribution >= 0.6 is 21.6 Å². The van der Waals surface area contributed by atoms with E-state index in [1.54, 1.807) is 22.9 Å². The van der Waals surface area contributed by atoms with Gasteiger partial charge in [-0.05, 0) is 41.3 Å². The number of para-hydroxylation sites is 1. The summed E-state index contributed by atoms with van der Waals surface area (Å²) in [5, 5.41) is 11.2. The van der Waals surface area contributed by atoms with Crippen LogP contribution in [0.5, 0.6) is 0 Å². The molecule has 2 aromatic rings. The van der Waals surface area contributed by atoms with E-state index in [1.807, 2.05) is 18.2 Å². The van der Waals surface area contributed by atoms with Crippen molar-refractivity contribution in [3.63, 3.8) is 0 Å². The Morgan fingerprint density at radius 2 is 1.38 bits per heavy atom. The van der Waals surface area contributed by atoms with Gasteiger partial charge in [0, 0.05) is 11.0 Å². The van der Waals surface area contributed by atoms with E-state index >= 15 is 0 Å². The Morgan fingerprint density at radius 1 is 0.808 bits per heavy atom. The van der Waals surface area contributed by atoms with E-state index in [1.165, 1.54) is 66.2 Å². The minimum atomic E-state index is -0.312. The molecule has 2 aromatic carbocycles. The zero-order chi connectivity index (χ0) is 18.6. The second-order valence-corrected chi connectivity index (χ2v) is 8.58. The van der Waals surface area contributed by atoms with Crippen molar-refractivity contribution in [2.75, 3.05) is 0 Å². The maximum Gasteiger partial charge on any atom is 0.283 e. The average molecular weight is 390 g/mol. The standard InChI is InChI=1S/C21H27NO2S2/c1-2-3-4-5-6-7-8-13-18-14-9-11-16-20(18)25-26-21-17-12-10-15-19(21)22(23)24/h9-12,14-17H,2-8,13H2,1H3. The Balaban J connectivity index is 1.86. The normalized spacial score (nSPS) is 10.8. The van der Waals surface area contributed by atoms with Crippen LogP contribution < -0.4 is 0 Å². The molecule has 0 N–H and O–H groups in total. The monoisotopic (exact) mass is 389 g/mol. The van der Waals surface area contributed by atoms with Crippen LogP contribution in [0.1, 0.15) is 57.4 Å². The molecular weight excluding hydrogens is 362 g/mol. The maximum absolute atomic E-state index is 11.2. The van der Waals surface area contributed by atoms with Crippen LogP contribution in [0.3, 0.4) is 0 Å². The molecule has 0 heterocycles. The first kappa shape index (κ1) is 20.8. The number of nitrogens with zero attached hydrogens (tertiary/aromatic N) is 1. The van der Waals surface area contributed by atoms with Crippen molar-refractivity contribution >= 4 is 27.3 Å². The van der Waals surface area contributed by atoms with Gasteiger partial charge in [0.1, 0.15) is 0 Å². The van der Waals surface area contributed by atoms with Crippen molar-refractivity contribution in [3.05, 3.63) is 64.2 Å². The minimum Gasteiger partial charge on any atom is -0.258 e. The summed E-state index contributed by atoms with van der Waals surface area (Å²) in [7, 11) is 3.09. The van der Waals surface area contributed by atoms with Crippen molar-refractivity contribution < 1.29 is 4.92 Å². The summed E-state index contributed by atoms with van der Waals surface area (Å²) < 4.78 is 0. The average Bonchev–Trinajstić information content (AvgIpc) is 2.66. The van der Waals surface area contributed by atoms with Crippen molar-refractivity contribution in [2.45, 2.75) is 68.1 Å². The lowest BCUT2D eigenvalue weighted by Gasteiger charge is -2.09. The number of hydrogen-bond acceptors (Lipinski definition) is 4. The number of nitro groups is 1. The maximum atomic E-state index is 11.2. The first-order valence-electron chi connectivity index (χ1n) is 9.38. The molecule has 3 nitrogen and oxygen atoms in total. The van der Waals surface area contributed by atoms with Crippen LogP contribution in [0.25, 0.3) is 0 Å². The van der Waals surface area contributed by atoms with Crippen LogP contribution in [0.2, 0.25) is 0 Å². The van der Waals surface area contributed by atoms with E-state index in [-0.39, 0.29) is 10.6 Å². The third-order valence-corrected chi connectivity index (χ3v) is 6.82. The Morgan fingerprint density at radius 3 is 2.12 bits per heavy atom. The molecule has 0 saturated carbocycles. The van der Waals surface area contributed by atoms with Crippen LogP contribution in [-0.4, -0.2) is 4.92 Å². The van der Waals surface area contributed by atoms with Crippen molar-refractivity contribution in [1.82, 2.24) is 0 Å². The highest BCUT2D eigenvalue weighted by Crippen LogP contribution is 2.42. The molecule has 0 aromatic heterocycles. The van der Waals surface area contributed by atoms with Crippen LogP contribution in [0.15, 0.2) is 58.3 Å². The van der Waals surface area contributed by atoms with Gasteiger partial charge in [-0.25, -0.2) is 0 Å². The highest BCUT2D eigenvalue weighted by Gasteiger charge is 2.14. The van der Waals surface area contributed by atoms with Gasteiger partial charge in [-0.1, -0.05) is 86.6 Å². The number of aryl methyl sites for hydroxylation is 1. The van der Waals surface area contributed by atoms with Crippen LogP contribution in [0, 0.1) is 10.1 Å². The van der Waals surface area contributed by atoms with Gasteiger partial charge >= 0.3 is 0 Å². The predicted molar refractivity (Wildman–Crippen MR) is 113 cm³/mol. The van der Waals surface area contributed by atoms with E-state index in [0.29, 0.717) is 4.90 Å². The summed E-state index contributed by atoms with van der Waals surface area (Å²) in [6.07, 6.45) is 10.2. The molecule has 2 rings (SSSR count). The quantitative estimate of drug-likeness (QED) is 0.161. The molecule has 0 aliphatic carbocycles. The van der Waals surface area contributed by atoms with Gasteiger partial charge in [0.25, 0.3) is 5.69 Å². The third-order valence-electron chi connectivity index (χ3n) is 4.31. The number of benzene rings is 2. The van der Waals surface area contributed by atoms with Gasteiger partial charge < -0.3 is 0 Å². The van der Waals surface area contributed by atoms with Gasteiger partial charge in [0.05, 0.1) is 9.82 Å². The lowest BCUT2D eigenvalue weighted by Crippen LogP contribution is -1.90. The Labute approximate surface area is 164 Å². The summed E-state index contributed by atoms with van der Waals surface area (Å²) in [4.78, 5) is 12.8. The first-order valence-corrected chi connectivity index (χ1v) is 11.5. The summed E-state index contributed by atoms with van der Waals surface area (Å²) >= 11 is 0. The van der Waals surface area contributed by atoms with Crippen molar-refractivity contribution in [3.8, 4) is 0 Å². The van der Waals surface area contributed by atoms with Gasteiger partial charge in [-0.3, -0.25) is 10.1 Å². The van der Waals surface area contributed by atoms with Gasteiger partial charge in [-0.15, -0.1) is 0 Å². The van der Waals surface area contributed by atoms with E-state index in [2.05, 4.69) is 25.1 Å². The summed E-state index contributed by atoms with van der Waals surface area (Å²) in [6, 6.07) is 15.3. The molecular formula is C21H27NO2S2. The third kappa shape index (κ3) is 7.04. The second kappa shape index (κ2) is 12.0. The fourth-order valence-electron chi connectivity index (χ4n) is 2.83. The van der Waals surface area contributed by atoms with E-state index in [4.69, 9.17) is 0 Å². The molecule has 0 fully saturated rings. The van der Waals surface area contributed by atoms with Crippen LogP contribution in [-0.2, 0) is 6.42 Å². The number of hydrogen-bond donors (Lipinski definition) is 0. The molecule has 5 heteroatoms. The van der Waals surface area contributed by atoms with E-state index in [0.717, 1.165) is 6.42 Å². The highest BCUT2D eigenvalue weighted by molar-refractivity contribution is 8.76. The lowest BCUT2D eigenvalue weighted by molar-refractivity contribution is -0.387. The molecule has 0 amide bonds. The van der Waals surface area contributed by atoms with Crippen molar-refractivity contribution in [2.24, 2.45) is 0 Å². The molecule has 140 valence electrons. The SMILES string of the molecule is CCCCCCCCCc1ccccc1SSc1ccccc1[N+](=O)[O-]. The van der Waals surface area contributed by atoms with Gasteiger partial charge in [0.15, 0.2) is 0 Å². The van der Waals surface area contributed by atoms with E-state index < -0.39 is 0 Å². The fraction of sp³-hybridized carbons (Fsp3) is 0.429. The molecule has 0 spiro atoms. The molecule has 0 radical (unpaired) electrons. The Bertz CT molecular complexity index is 691. The molecule has 26 heavy (non-hydrogen) atoms. The molecule has 0 unspecified atom stereocenters. The zero-order valence-corrected chi connectivity index (χ0v) is 17.0. The Hall–Kier alpha value is -1.46. The number of rotatable bonds is 12. The fourth-order valence-corrected chi connectivity index (χ4v) is 5.23. The first-order chi connectivity index (χ1) is 12.7. The molecule has 0 atom stereocenters. The van der Waals surface area contributed by atoms with Gasteiger partial charge in [-0.2, -0.15) is 0 Å². The zero-order valence-electron chi connectivity index (χ0n) is 15.4. The van der Waals surface area contributed by atoms with Crippen LogP contribution in [0.4, 0.5) is 5.69 Å². The predicted octanol–water partition coefficient (Wildman–Crippen LogP) is 7.69. The van der Waals surface area contributed by atoms with E-state index in [9.17, 15) is 10.1 Å². The minimum absolute atomic E-state index is 0.176. The van der Waals surface area contributed by atoms with Gasteiger partial charge in [0.2, 0.25) is 0 Å². The summed E-state index contributed by atoms with van der Waals surface area (Å²) in [6.45, 7) is 2.25. The topological polar surface area (TPSA) is 43.1 Å². The largest absolute Gasteiger partial charge is 0.283 e. The smallest absolute Gasteiger partial charge is 0.258 e. The molecule has 0 aliphatic rings. The highest BCUT2D eigenvalue weighted by atomic mass is 33.1. The Kier molecular flexibility index (Phi) is 9.64. The summed E-state index contributed by atoms with van der Waals surface area (Å²) in [5.41, 5.74) is 1.52.